The van der Waals surface area contributed by atoms with Gasteiger partial charge in [0.15, 0.2) is 4.32 Å². The molecule has 1 aromatic heterocycles. The fraction of sp³-hybridized carbons (Fsp3) is 0.143. The molecule has 0 unspecified atom stereocenters. The van der Waals surface area contributed by atoms with Crippen LogP contribution in [0.1, 0.15) is 16.8 Å². The Morgan fingerprint density at radius 1 is 0.941 bits per heavy atom. The van der Waals surface area contributed by atoms with Crippen molar-refractivity contribution in [3.63, 3.8) is 0 Å². The molecule has 1 amide bonds. The van der Waals surface area contributed by atoms with Crippen LogP contribution in [0.4, 0.5) is 11.4 Å². The largest absolute Gasteiger partial charge is 0.378 e. The summed E-state index contributed by atoms with van der Waals surface area (Å²) in [6.07, 6.45) is 2.01. The van der Waals surface area contributed by atoms with Crippen LogP contribution in [-0.2, 0) is 11.3 Å². The average Bonchev–Trinajstić information content (AvgIpc) is 3.27. The number of thioether (sulfide) groups is 1. The van der Waals surface area contributed by atoms with Gasteiger partial charge >= 0.3 is 0 Å². The maximum absolute atomic E-state index is 13.4. The minimum Gasteiger partial charge on any atom is -0.378 e. The average molecular weight is 484 g/mol. The number of rotatable bonds is 5. The minimum absolute atomic E-state index is 0.0770. The number of aromatic nitrogens is 1. The van der Waals surface area contributed by atoms with E-state index in [1.165, 1.54) is 17.3 Å². The van der Waals surface area contributed by atoms with E-state index >= 15 is 0 Å². The van der Waals surface area contributed by atoms with Gasteiger partial charge in [0, 0.05) is 48.5 Å². The molecular weight excluding hydrogens is 458 g/mol. The van der Waals surface area contributed by atoms with Crippen LogP contribution in [0.15, 0.2) is 83.8 Å². The topological polar surface area (TPSA) is 28.5 Å². The summed E-state index contributed by atoms with van der Waals surface area (Å²) in [5.74, 6) is -0.0770. The number of thiocarbonyl (C=S) groups is 1. The van der Waals surface area contributed by atoms with Gasteiger partial charge in [-0.15, -0.1) is 0 Å². The van der Waals surface area contributed by atoms with E-state index < -0.39 is 0 Å². The third-order valence-electron chi connectivity index (χ3n) is 6.16. The second kappa shape index (κ2) is 9.12. The standard InChI is InChI=1S/C28H25N3OS2/c1-19-24(23-11-7-8-12-25(23)30(19)18-20-9-5-4-6-10-20)17-26-27(32)31(28(33)34-26)22-15-13-21(14-16-22)29(2)3/h4-17H,18H2,1-3H3/b26-17-. The van der Waals surface area contributed by atoms with E-state index in [0.29, 0.717) is 9.23 Å². The second-order valence-corrected chi connectivity index (χ2v) is 10.2. The van der Waals surface area contributed by atoms with Gasteiger partial charge in [0.2, 0.25) is 0 Å². The maximum Gasteiger partial charge on any atom is 0.270 e. The number of amides is 1. The Labute approximate surface area is 209 Å². The van der Waals surface area contributed by atoms with Gasteiger partial charge in [-0.25, -0.2) is 0 Å². The third-order valence-corrected chi connectivity index (χ3v) is 7.46. The molecule has 4 aromatic rings. The fourth-order valence-corrected chi connectivity index (χ4v) is 5.61. The van der Waals surface area contributed by atoms with Gasteiger partial charge in [0.25, 0.3) is 5.91 Å². The van der Waals surface area contributed by atoms with Crippen molar-refractivity contribution in [2.24, 2.45) is 0 Å². The molecule has 1 saturated heterocycles. The molecule has 0 aliphatic carbocycles. The van der Waals surface area contributed by atoms with Crippen molar-refractivity contribution >= 4 is 62.6 Å². The van der Waals surface area contributed by atoms with Gasteiger partial charge < -0.3 is 9.47 Å². The molecule has 1 aliphatic rings. The summed E-state index contributed by atoms with van der Waals surface area (Å²) in [7, 11) is 3.99. The molecule has 2 heterocycles. The number of carbonyl (C=O) groups is 1. The van der Waals surface area contributed by atoms with Gasteiger partial charge in [-0.2, -0.15) is 0 Å². The van der Waals surface area contributed by atoms with Crippen LogP contribution in [0.5, 0.6) is 0 Å². The van der Waals surface area contributed by atoms with Gasteiger partial charge in [0.1, 0.15) is 0 Å². The van der Waals surface area contributed by atoms with E-state index in [1.807, 2.05) is 61.5 Å². The molecule has 0 atom stereocenters. The Kier molecular flexibility index (Phi) is 6.02. The number of carbonyl (C=O) groups excluding carboxylic acids is 1. The Balaban J connectivity index is 1.53. The van der Waals surface area contributed by atoms with E-state index in [4.69, 9.17) is 12.2 Å². The molecule has 34 heavy (non-hydrogen) atoms. The SMILES string of the molecule is Cc1c(/C=C2\SC(=S)N(c3ccc(N(C)C)cc3)C2=O)c2ccccc2n1Cc1ccccc1. The highest BCUT2D eigenvalue weighted by Gasteiger charge is 2.33. The van der Waals surface area contributed by atoms with Crippen molar-refractivity contribution in [3.05, 3.63) is 101 Å². The molecule has 0 saturated carbocycles. The number of para-hydroxylation sites is 1. The van der Waals surface area contributed by atoms with E-state index in [2.05, 4.69) is 54.0 Å². The monoisotopic (exact) mass is 483 g/mol. The van der Waals surface area contributed by atoms with Gasteiger partial charge in [-0.05, 0) is 48.9 Å². The zero-order chi connectivity index (χ0) is 23.8. The molecule has 5 rings (SSSR count). The van der Waals surface area contributed by atoms with Crippen LogP contribution in [0, 0.1) is 6.92 Å². The summed E-state index contributed by atoms with van der Waals surface area (Å²) in [6.45, 7) is 2.90. The van der Waals surface area contributed by atoms with Crippen LogP contribution in [-0.4, -0.2) is 28.9 Å². The normalized spacial score (nSPS) is 15.0. The smallest absolute Gasteiger partial charge is 0.270 e. The summed E-state index contributed by atoms with van der Waals surface area (Å²) in [5, 5.41) is 1.14. The van der Waals surface area contributed by atoms with Crippen molar-refractivity contribution in [1.29, 1.82) is 0 Å². The lowest BCUT2D eigenvalue weighted by Crippen LogP contribution is -2.27. The van der Waals surface area contributed by atoms with Crippen LogP contribution in [0.25, 0.3) is 17.0 Å². The van der Waals surface area contributed by atoms with E-state index in [0.717, 1.165) is 40.1 Å². The van der Waals surface area contributed by atoms with Gasteiger partial charge in [-0.3, -0.25) is 9.69 Å². The van der Waals surface area contributed by atoms with Crippen LogP contribution in [0.3, 0.4) is 0 Å². The van der Waals surface area contributed by atoms with Gasteiger partial charge in [-0.1, -0.05) is 72.5 Å². The summed E-state index contributed by atoms with van der Waals surface area (Å²) >= 11 is 6.97. The molecule has 0 spiro atoms. The highest BCUT2D eigenvalue weighted by Crippen LogP contribution is 2.38. The molecule has 170 valence electrons. The second-order valence-electron chi connectivity index (χ2n) is 8.52. The lowest BCUT2D eigenvalue weighted by Gasteiger charge is -2.17. The summed E-state index contributed by atoms with van der Waals surface area (Å²) in [4.78, 5) is 17.7. The van der Waals surface area contributed by atoms with Crippen molar-refractivity contribution < 1.29 is 4.79 Å². The first kappa shape index (κ1) is 22.4. The summed E-state index contributed by atoms with van der Waals surface area (Å²) in [5.41, 5.74) is 6.46. The number of hydrogen-bond acceptors (Lipinski definition) is 4. The predicted octanol–water partition coefficient (Wildman–Crippen LogP) is 6.47. The molecule has 0 bridgehead atoms. The van der Waals surface area contributed by atoms with Crippen molar-refractivity contribution in [2.75, 3.05) is 23.9 Å². The highest BCUT2D eigenvalue weighted by atomic mass is 32.2. The zero-order valence-corrected chi connectivity index (χ0v) is 21.0. The Morgan fingerprint density at radius 2 is 1.62 bits per heavy atom. The Bertz CT molecular complexity index is 1420. The quantitative estimate of drug-likeness (QED) is 0.240. The van der Waals surface area contributed by atoms with Crippen molar-refractivity contribution in [2.45, 2.75) is 13.5 Å². The van der Waals surface area contributed by atoms with Crippen LogP contribution >= 0.6 is 24.0 Å². The van der Waals surface area contributed by atoms with Crippen molar-refractivity contribution in [3.8, 4) is 0 Å². The Hall–Kier alpha value is -3.35. The lowest BCUT2D eigenvalue weighted by atomic mass is 10.1. The van der Waals surface area contributed by atoms with Crippen LogP contribution < -0.4 is 9.80 Å². The summed E-state index contributed by atoms with van der Waals surface area (Å²) in [6, 6.07) is 26.7. The molecule has 1 fully saturated rings. The van der Waals surface area contributed by atoms with E-state index in [9.17, 15) is 4.79 Å². The number of nitrogens with zero attached hydrogens (tertiary/aromatic N) is 3. The fourth-order valence-electron chi connectivity index (χ4n) is 4.33. The molecular formula is C28H25N3OS2. The number of anilines is 2. The first-order chi connectivity index (χ1) is 16.4. The molecule has 6 heteroatoms. The first-order valence-corrected chi connectivity index (χ1v) is 12.3. The number of benzene rings is 3. The minimum atomic E-state index is -0.0770. The molecule has 1 aliphatic heterocycles. The van der Waals surface area contributed by atoms with Crippen LogP contribution in [0.2, 0.25) is 0 Å². The first-order valence-electron chi connectivity index (χ1n) is 11.1. The molecule has 0 N–H and O–H groups in total. The van der Waals surface area contributed by atoms with Crippen molar-refractivity contribution in [1.82, 2.24) is 4.57 Å². The third kappa shape index (κ3) is 4.04. The molecule has 4 nitrogen and oxygen atoms in total. The van der Waals surface area contributed by atoms with E-state index in [1.54, 1.807) is 4.90 Å². The molecule has 0 radical (unpaired) electrons. The number of hydrogen-bond donors (Lipinski definition) is 0. The summed E-state index contributed by atoms with van der Waals surface area (Å²) < 4.78 is 2.87. The van der Waals surface area contributed by atoms with E-state index in [-0.39, 0.29) is 5.91 Å². The van der Waals surface area contributed by atoms with Gasteiger partial charge in [0.05, 0.1) is 10.6 Å². The predicted molar refractivity (Wildman–Crippen MR) is 149 cm³/mol. The lowest BCUT2D eigenvalue weighted by molar-refractivity contribution is -0.113. The number of fused-ring (bicyclic) bond motifs is 1. The molecule has 3 aromatic carbocycles. The highest BCUT2D eigenvalue weighted by molar-refractivity contribution is 8.27. The maximum atomic E-state index is 13.4. The Morgan fingerprint density at radius 3 is 2.32 bits per heavy atom. The zero-order valence-electron chi connectivity index (χ0n) is 19.4.